The zero-order chi connectivity index (χ0) is 37.8. The summed E-state index contributed by atoms with van der Waals surface area (Å²) >= 11 is 1.33. The molecule has 16 heteroatoms. The van der Waals surface area contributed by atoms with Crippen molar-refractivity contribution in [3.63, 3.8) is 0 Å². The van der Waals surface area contributed by atoms with Crippen molar-refractivity contribution < 1.29 is 40.7 Å². The van der Waals surface area contributed by atoms with Crippen LogP contribution in [-0.4, -0.2) is 71.0 Å². The molecule has 0 unspecified atom stereocenters. The molecule has 3 amide bonds. The van der Waals surface area contributed by atoms with Gasteiger partial charge in [-0.25, -0.2) is 13.4 Å². The highest BCUT2D eigenvalue weighted by Crippen LogP contribution is 2.47. The molecule has 2 aromatic carbocycles. The van der Waals surface area contributed by atoms with Crippen LogP contribution in [0.15, 0.2) is 54.6 Å². The molecule has 3 N–H and O–H groups in total. The Kier molecular flexibility index (Phi) is 9.75. The maximum atomic E-state index is 14.5. The number of allylic oxidation sites excluding steroid dienone is 1. The van der Waals surface area contributed by atoms with Crippen LogP contribution in [0.2, 0.25) is 0 Å². The summed E-state index contributed by atoms with van der Waals surface area (Å²) in [6, 6.07) is 8.32. The molecule has 3 aromatic rings. The second-order valence-corrected chi connectivity index (χ2v) is 18.1. The first kappa shape index (κ1) is 37.1. The summed E-state index contributed by atoms with van der Waals surface area (Å²) in [7, 11) is -4.01. The Hall–Kier alpha value is -4.18. The number of sulfonamides is 1. The van der Waals surface area contributed by atoms with Gasteiger partial charge in [0.2, 0.25) is 21.8 Å². The number of benzene rings is 2. The molecule has 0 spiro atoms. The summed E-state index contributed by atoms with van der Waals surface area (Å²) in [4.78, 5) is 48.5. The second-order valence-electron chi connectivity index (χ2n) is 14.9. The number of hydrogen-bond donors (Lipinski definition) is 3. The SMILES string of the molecule is Cc1ccc2nc(O[C@@H]3C[C@H]4C(=O)N[C@]5(C(=O)NS(=O)(=O)C6(C)CC6)C[C@H]5/C=C\CCCCC[C@H](Nc5cccc(C(F)(F)F)c5)C(=O)N4C3)sc2c1. The second kappa shape index (κ2) is 13.9. The number of carbonyl (C=O) groups is 3. The molecule has 1 saturated heterocycles. The van der Waals surface area contributed by atoms with E-state index in [2.05, 4.69) is 20.3 Å². The Balaban J connectivity index is 1.19. The van der Waals surface area contributed by atoms with Crippen molar-refractivity contribution in [2.45, 2.75) is 106 Å². The molecule has 3 heterocycles. The van der Waals surface area contributed by atoms with E-state index >= 15 is 0 Å². The molecule has 7 rings (SSSR count). The first-order valence-electron chi connectivity index (χ1n) is 17.9. The van der Waals surface area contributed by atoms with Crippen LogP contribution in [0.5, 0.6) is 5.19 Å². The summed E-state index contributed by atoms with van der Waals surface area (Å²) < 4.78 is 75.4. The molecule has 0 radical (unpaired) electrons. The molecular formula is C37H42F3N5O6S2. The van der Waals surface area contributed by atoms with Gasteiger partial charge in [0, 0.05) is 18.0 Å². The van der Waals surface area contributed by atoms with Gasteiger partial charge in [0.1, 0.15) is 23.7 Å². The Labute approximate surface area is 309 Å². The highest BCUT2D eigenvalue weighted by atomic mass is 32.2. The minimum Gasteiger partial charge on any atom is -0.465 e. The van der Waals surface area contributed by atoms with Gasteiger partial charge in [-0.3, -0.25) is 19.1 Å². The van der Waals surface area contributed by atoms with Gasteiger partial charge in [0.25, 0.3) is 11.1 Å². The topological polar surface area (TPSA) is 147 Å². The summed E-state index contributed by atoms with van der Waals surface area (Å²) in [5.41, 5.74) is -0.513. The van der Waals surface area contributed by atoms with Crippen molar-refractivity contribution in [2.24, 2.45) is 5.92 Å². The van der Waals surface area contributed by atoms with E-state index in [1.54, 1.807) is 6.92 Å². The van der Waals surface area contributed by atoms with Crippen LogP contribution in [0.4, 0.5) is 18.9 Å². The lowest BCUT2D eigenvalue weighted by Gasteiger charge is -2.30. The zero-order valence-corrected chi connectivity index (χ0v) is 31.0. The van der Waals surface area contributed by atoms with Crippen LogP contribution in [0.1, 0.15) is 75.8 Å². The fourth-order valence-electron chi connectivity index (χ4n) is 7.14. The van der Waals surface area contributed by atoms with Gasteiger partial charge in [-0.2, -0.15) is 13.2 Å². The van der Waals surface area contributed by atoms with Crippen molar-refractivity contribution in [3.05, 3.63) is 65.7 Å². The monoisotopic (exact) mass is 773 g/mol. The third-order valence-electron chi connectivity index (χ3n) is 10.8. The number of rotatable bonds is 7. The molecule has 53 heavy (non-hydrogen) atoms. The minimum absolute atomic E-state index is 0.0259. The average Bonchev–Trinajstić information content (AvgIpc) is 3.91. The molecule has 11 nitrogen and oxygen atoms in total. The number of hydrogen-bond acceptors (Lipinski definition) is 9. The average molecular weight is 774 g/mol. The van der Waals surface area contributed by atoms with E-state index < -0.39 is 73.9 Å². The highest BCUT2D eigenvalue weighted by Gasteiger charge is 2.63. The van der Waals surface area contributed by atoms with Gasteiger partial charge in [-0.05, 0) is 88.3 Å². The highest BCUT2D eigenvalue weighted by molar-refractivity contribution is 7.91. The number of nitrogens with zero attached hydrogens (tertiary/aromatic N) is 2. The number of nitrogens with one attached hydrogen (secondary N) is 3. The van der Waals surface area contributed by atoms with Gasteiger partial charge in [0.15, 0.2) is 0 Å². The molecule has 5 atom stereocenters. The van der Waals surface area contributed by atoms with Gasteiger partial charge < -0.3 is 20.3 Å². The smallest absolute Gasteiger partial charge is 0.416 e. The molecule has 2 aliphatic carbocycles. The van der Waals surface area contributed by atoms with Crippen molar-refractivity contribution in [1.82, 2.24) is 19.9 Å². The van der Waals surface area contributed by atoms with Gasteiger partial charge >= 0.3 is 6.18 Å². The third kappa shape index (κ3) is 7.75. The quantitative estimate of drug-likeness (QED) is 0.254. The van der Waals surface area contributed by atoms with E-state index in [0.29, 0.717) is 30.9 Å². The number of anilines is 1. The lowest BCUT2D eigenvalue weighted by Crippen LogP contribution is -2.58. The fourth-order valence-corrected chi connectivity index (χ4v) is 9.43. The van der Waals surface area contributed by atoms with E-state index in [0.717, 1.165) is 40.8 Å². The maximum Gasteiger partial charge on any atom is 0.416 e. The summed E-state index contributed by atoms with van der Waals surface area (Å²) in [6.45, 7) is 3.50. The Morgan fingerprint density at radius 3 is 2.66 bits per heavy atom. The molecule has 284 valence electrons. The molecule has 4 aliphatic rings. The van der Waals surface area contributed by atoms with Crippen molar-refractivity contribution >= 4 is 55.0 Å². The first-order valence-corrected chi connectivity index (χ1v) is 20.2. The van der Waals surface area contributed by atoms with Crippen LogP contribution in [0, 0.1) is 12.8 Å². The Bertz CT molecular complexity index is 2070. The van der Waals surface area contributed by atoms with Gasteiger partial charge in [-0.15, -0.1) is 0 Å². The molecule has 2 aliphatic heterocycles. The maximum absolute atomic E-state index is 14.5. The van der Waals surface area contributed by atoms with E-state index in [9.17, 15) is 36.0 Å². The van der Waals surface area contributed by atoms with E-state index in [4.69, 9.17) is 4.74 Å². The number of alkyl halides is 3. The van der Waals surface area contributed by atoms with Crippen LogP contribution >= 0.6 is 11.3 Å². The normalized spacial score (nSPS) is 28.1. The van der Waals surface area contributed by atoms with Crippen LogP contribution < -0.4 is 20.1 Å². The minimum atomic E-state index is -4.59. The van der Waals surface area contributed by atoms with E-state index in [-0.39, 0.29) is 31.5 Å². The predicted molar refractivity (Wildman–Crippen MR) is 194 cm³/mol. The number of ether oxygens (including phenoxy) is 1. The van der Waals surface area contributed by atoms with Crippen LogP contribution in [-0.2, 0) is 30.6 Å². The van der Waals surface area contributed by atoms with Crippen LogP contribution in [0.3, 0.4) is 0 Å². The van der Waals surface area contributed by atoms with Gasteiger partial charge in [0.05, 0.1) is 27.1 Å². The largest absolute Gasteiger partial charge is 0.465 e. The summed E-state index contributed by atoms with van der Waals surface area (Å²) in [6.07, 6.45) is 2.52. The fraction of sp³-hybridized carbons (Fsp3) is 0.514. The molecular weight excluding hydrogens is 732 g/mol. The summed E-state index contributed by atoms with van der Waals surface area (Å²) in [5, 5.41) is 6.22. The zero-order valence-electron chi connectivity index (χ0n) is 29.4. The molecule has 0 bridgehead atoms. The lowest BCUT2D eigenvalue weighted by molar-refractivity contribution is -0.140. The molecule has 2 saturated carbocycles. The number of carbonyl (C=O) groups excluding carboxylic acids is 3. The third-order valence-corrected chi connectivity index (χ3v) is 13.9. The van der Waals surface area contributed by atoms with Crippen molar-refractivity contribution in [1.29, 1.82) is 0 Å². The number of aryl methyl sites for hydroxylation is 1. The Morgan fingerprint density at radius 1 is 1.11 bits per heavy atom. The molecule has 1 aromatic heterocycles. The van der Waals surface area contributed by atoms with Gasteiger partial charge in [-0.1, -0.05) is 48.5 Å². The number of thiazole rings is 1. The van der Waals surface area contributed by atoms with Crippen LogP contribution in [0.25, 0.3) is 10.2 Å². The number of fused-ring (bicyclic) bond motifs is 3. The van der Waals surface area contributed by atoms with E-state index in [1.807, 2.05) is 37.3 Å². The summed E-state index contributed by atoms with van der Waals surface area (Å²) in [5.74, 6) is -2.44. The lowest BCUT2D eigenvalue weighted by atomic mass is 10.0. The molecule has 3 fully saturated rings. The predicted octanol–water partition coefficient (Wildman–Crippen LogP) is 5.85. The number of halogens is 3. The number of amides is 3. The standard InChI is InChI=1S/C37H42F3N5O6S2/c1-22-13-14-27-30(17-22)52-34(42-27)51-26-19-29-31(46)43-36(33(48)44-53(49,50)35(2)15-16-35)20-24(36)9-6-4-3-5-7-12-28(32(47)45(29)21-26)41-25-11-8-10-23(18-25)37(38,39)40/h6,8-11,13-14,17-18,24,26,28-29,41H,3-5,7,12,15-16,19-21H2,1-2H3,(H,43,46)(H,44,48)/b9-6-/t24-,26-,28+,29+,36-/m1/s1. The van der Waals surface area contributed by atoms with Crippen molar-refractivity contribution in [3.8, 4) is 5.19 Å². The van der Waals surface area contributed by atoms with E-state index in [1.165, 1.54) is 28.4 Å². The van der Waals surface area contributed by atoms with Crippen molar-refractivity contribution in [2.75, 3.05) is 11.9 Å². The number of aromatic nitrogens is 1. The Morgan fingerprint density at radius 2 is 1.91 bits per heavy atom. The first-order chi connectivity index (χ1) is 25.1.